The van der Waals surface area contributed by atoms with Crippen LogP contribution in [-0.2, 0) is 9.47 Å². The van der Waals surface area contributed by atoms with Crippen LogP contribution in [0.5, 0.6) is 0 Å². The topological polar surface area (TPSA) is 163 Å². The third-order valence-electron chi connectivity index (χ3n) is 5.18. The molecule has 10 heteroatoms. The summed E-state index contributed by atoms with van der Waals surface area (Å²) in [6.45, 7) is 0.156. The quantitative estimate of drug-likeness (QED) is 0.263. The van der Waals surface area contributed by atoms with E-state index in [2.05, 4.69) is 0 Å². The molecular formula is C14H25NO9. The smallest absolute Gasteiger partial charge is 0.187 e. The average molecular weight is 351 g/mol. The molecule has 3 aliphatic heterocycles. The molecule has 3 saturated heterocycles. The van der Waals surface area contributed by atoms with E-state index in [1.165, 1.54) is 0 Å². The van der Waals surface area contributed by atoms with Crippen molar-refractivity contribution < 1.29 is 45.2 Å². The van der Waals surface area contributed by atoms with E-state index in [1.54, 1.807) is 4.90 Å². The minimum atomic E-state index is -1.54. The Morgan fingerprint density at radius 1 is 0.917 bits per heavy atom. The van der Waals surface area contributed by atoms with Crippen molar-refractivity contribution in [3.05, 3.63) is 0 Å². The summed E-state index contributed by atoms with van der Waals surface area (Å²) in [5.41, 5.74) is 0. The van der Waals surface area contributed by atoms with Crippen molar-refractivity contribution in [2.75, 3.05) is 19.7 Å². The van der Waals surface area contributed by atoms with E-state index in [-0.39, 0.29) is 6.54 Å². The van der Waals surface area contributed by atoms with Crippen LogP contribution in [0.2, 0.25) is 0 Å². The lowest BCUT2D eigenvalue weighted by Gasteiger charge is -2.44. The maximum Gasteiger partial charge on any atom is 0.187 e. The number of hydrogen-bond acceptors (Lipinski definition) is 10. The molecule has 0 aromatic heterocycles. The minimum Gasteiger partial charge on any atom is -0.394 e. The second-order valence-corrected chi connectivity index (χ2v) is 6.69. The van der Waals surface area contributed by atoms with Crippen molar-refractivity contribution in [1.29, 1.82) is 0 Å². The van der Waals surface area contributed by atoms with Gasteiger partial charge in [0.25, 0.3) is 0 Å². The Hall–Kier alpha value is -0.400. The Morgan fingerprint density at radius 3 is 2.29 bits per heavy atom. The number of fused-ring (bicyclic) bond motifs is 1. The van der Waals surface area contributed by atoms with Crippen molar-refractivity contribution in [3.8, 4) is 0 Å². The van der Waals surface area contributed by atoms with E-state index in [1.807, 2.05) is 0 Å². The fourth-order valence-corrected chi connectivity index (χ4v) is 3.78. The van der Waals surface area contributed by atoms with Gasteiger partial charge in [0.1, 0.15) is 36.6 Å². The molecule has 0 saturated carbocycles. The summed E-state index contributed by atoms with van der Waals surface area (Å²) in [5.74, 6) is 0. The molecule has 0 amide bonds. The van der Waals surface area contributed by atoms with E-state index in [0.717, 1.165) is 0 Å². The largest absolute Gasteiger partial charge is 0.394 e. The first-order chi connectivity index (χ1) is 11.3. The maximum atomic E-state index is 10.2. The molecule has 10 atom stereocenters. The number of piperidine rings is 1. The van der Waals surface area contributed by atoms with Crippen molar-refractivity contribution >= 4 is 0 Å². The molecule has 0 radical (unpaired) electrons. The lowest BCUT2D eigenvalue weighted by molar-refractivity contribution is -0.315. The van der Waals surface area contributed by atoms with Gasteiger partial charge in [0, 0.05) is 13.1 Å². The van der Waals surface area contributed by atoms with Crippen LogP contribution in [0.4, 0.5) is 0 Å². The zero-order chi connectivity index (χ0) is 17.6. The molecule has 3 heterocycles. The normalized spacial score (nSPS) is 53.1. The maximum absolute atomic E-state index is 10.2. The second-order valence-electron chi connectivity index (χ2n) is 6.69. The first kappa shape index (κ1) is 18.4. The monoisotopic (exact) mass is 351 g/mol. The number of rotatable bonds is 3. The number of aliphatic hydroxyl groups is 7. The van der Waals surface area contributed by atoms with Gasteiger partial charge < -0.3 is 45.2 Å². The van der Waals surface area contributed by atoms with Gasteiger partial charge in [0.2, 0.25) is 0 Å². The second kappa shape index (κ2) is 7.08. The van der Waals surface area contributed by atoms with Crippen LogP contribution in [0.1, 0.15) is 6.42 Å². The Morgan fingerprint density at radius 2 is 1.62 bits per heavy atom. The lowest BCUT2D eigenvalue weighted by Crippen LogP contribution is -2.63. The first-order valence-electron chi connectivity index (χ1n) is 8.09. The van der Waals surface area contributed by atoms with Gasteiger partial charge >= 0.3 is 0 Å². The number of aliphatic hydroxyl groups excluding tert-OH is 7. The number of ether oxygens (including phenoxy) is 2. The van der Waals surface area contributed by atoms with Gasteiger partial charge in [-0.25, -0.2) is 0 Å². The van der Waals surface area contributed by atoms with E-state index in [4.69, 9.17) is 9.47 Å². The number of hydrogen-bond donors (Lipinski definition) is 7. The van der Waals surface area contributed by atoms with Gasteiger partial charge in [-0.1, -0.05) is 0 Å². The predicted octanol–water partition coefficient (Wildman–Crippen LogP) is -4.66. The van der Waals surface area contributed by atoms with Crippen LogP contribution >= 0.6 is 0 Å². The van der Waals surface area contributed by atoms with Gasteiger partial charge in [-0.3, -0.25) is 4.90 Å². The highest BCUT2D eigenvalue weighted by molar-refractivity contribution is 5.02. The SMILES string of the molecule is OC[C@H]1O[C@H](O[C@H]2CCN3C[C@H](O)[C@@H](O)[C@H](O)[C@@H]23)[C@H](O)[C@@H](O)[C@@H]1O. The van der Waals surface area contributed by atoms with Crippen LogP contribution < -0.4 is 0 Å². The van der Waals surface area contributed by atoms with E-state index < -0.39 is 67.8 Å². The Bertz CT molecular complexity index is 438. The highest BCUT2D eigenvalue weighted by Crippen LogP contribution is 2.33. The summed E-state index contributed by atoms with van der Waals surface area (Å²) in [6, 6.07) is -0.587. The lowest BCUT2D eigenvalue weighted by atomic mass is 9.92. The Kier molecular flexibility index (Phi) is 5.42. The van der Waals surface area contributed by atoms with Crippen LogP contribution in [0.3, 0.4) is 0 Å². The average Bonchev–Trinajstić information content (AvgIpc) is 2.95. The highest BCUT2D eigenvalue weighted by Gasteiger charge is 2.51. The van der Waals surface area contributed by atoms with Gasteiger partial charge in [-0.05, 0) is 6.42 Å². The van der Waals surface area contributed by atoms with Gasteiger partial charge in [0.05, 0.1) is 24.9 Å². The molecule has 10 nitrogen and oxygen atoms in total. The van der Waals surface area contributed by atoms with Gasteiger partial charge in [-0.2, -0.15) is 0 Å². The Balaban J connectivity index is 1.69. The summed E-state index contributed by atoms with van der Waals surface area (Å²) < 4.78 is 11.0. The first-order valence-corrected chi connectivity index (χ1v) is 8.09. The zero-order valence-electron chi connectivity index (χ0n) is 13.0. The molecule has 0 bridgehead atoms. The molecule has 0 aromatic carbocycles. The third kappa shape index (κ3) is 3.07. The summed E-state index contributed by atoms with van der Waals surface area (Å²) in [7, 11) is 0. The van der Waals surface area contributed by atoms with Crippen molar-refractivity contribution in [2.24, 2.45) is 0 Å². The van der Waals surface area contributed by atoms with Crippen LogP contribution in [0.25, 0.3) is 0 Å². The molecular weight excluding hydrogens is 326 g/mol. The van der Waals surface area contributed by atoms with Gasteiger partial charge in [-0.15, -0.1) is 0 Å². The van der Waals surface area contributed by atoms with Crippen molar-refractivity contribution in [2.45, 2.75) is 67.6 Å². The van der Waals surface area contributed by atoms with Gasteiger partial charge in [0.15, 0.2) is 6.29 Å². The van der Waals surface area contributed by atoms with Crippen LogP contribution in [0, 0.1) is 0 Å². The third-order valence-corrected chi connectivity index (χ3v) is 5.18. The minimum absolute atomic E-state index is 0.192. The van der Waals surface area contributed by atoms with Crippen molar-refractivity contribution in [3.63, 3.8) is 0 Å². The summed E-state index contributed by atoms with van der Waals surface area (Å²) in [5, 5.41) is 68.6. The fraction of sp³-hybridized carbons (Fsp3) is 1.00. The molecule has 3 aliphatic rings. The van der Waals surface area contributed by atoms with E-state index in [9.17, 15) is 35.7 Å². The molecule has 24 heavy (non-hydrogen) atoms. The zero-order valence-corrected chi connectivity index (χ0v) is 13.0. The standard InChI is InChI=1S/C14H25NO9/c16-4-7-10(19)12(21)13(22)14(24-7)23-6-1-2-15-3-5(17)9(18)11(20)8(6)15/h5-14,16-22H,1-4H2/t5-,6-,7+,8+,9+,10+,11+,12-,13+,14-/m0/s1. The molecule has 3 fully saturated rings. The van der Waals surface area contributed by atoms with Crippen molar-refractivity contribution in [1.82, 2.24) is 4.90 Å². The van der Waals surface area contributed by atoms with Crippen LogP contribution in [0.15, 0.2) is 0 Å². The molecule has 0 spiro atoms. The summed E-state index contributed by atoms with van der Waals surface area (Å²) in [6.07, 6.45) is -10.6. The molecule has 0 unspecified atom stereocenters. The predicted molar refractivity (Wildman–Crippen MR) is 76.6 cm³/mol. The fourth-order valence-electron chi connectivity index (χ4n) is 3.78. The van der Waals surface area contributed by atoms with E-state index >= 15 is 0 Å². The van der Waals surface area contributed by atoms with E-state index in [0.29, 0.717) is 13.0 Å². The molecule has 140 valence electrons. The Labute approximate surface area is 138 Å². The molecule has 0 aromatic rings. The summed E-state index contributed by atoms with van der Waals surface area (Å²) in [4.78, 5) is 1.79. The molecule has 7 N–H and O–H groups in total. The summed E-state index contributed by atoms with van der Waals surface area (Å²) >= 11 is 0. The van der Waals surface area contributed by atoms with Crippen LogP contribution in [-0.4, -0.2) is 122 Å². The number of nitrogens with zero attached hydrogens (tertiary/aromatic N) is 1. The molecule has 0 aliphatic carbocycles. The highest BCUT2D eigenvalue weighted by atomic mass is 16.7. The molecule has 3 rings (SSSR count).